The van der Waals surface area contributed by atoms with Gasteiger partial charge >= 0.3 is 23.9 Å². The molecule has 2 aromatic rings. The SMILES string of the molecule is CCCCO/C(C)=C/C=C(\N)N1CCNCC1.CCCCOc1ccc(N2CCN(C(=O)CCCC(=O)O)CC2)nc1.O=C(O)CCCC(=O)N1CCN(c2ccc(O)cn2)CC1.O=C1CCCC(=O)O1. The van der Waals surface area contributed by atoms with Crippen molar-refractivity contribution in [2.75, 3.05) is 102 Å². The van der Waals surface area contributed by atoms with Crippen molar-refractivity contribution >= 4 is 47.3 Å². The van der Waals surface area contributed by atoms with Crippen LogP contribution in [-0.2, 0) is 38.2 Å². The molecule has 0 spiro atoms. The number of carboxylic acid groups (broad SMARTS) is 2. The Labute approximate surface area is 418 Å². The number of unbranched alkanes of at least 4 members (excludes halogenated alkanes) is 2. The summed E-state index contributed by atoms with van der Waals surface area (Å²) in [6.45, 7) is 17.0. The first kappa shape index (κ1) is 58.7. The molecular formula is C50H77N9O12. The molecule has 6 rings (SSSR count). The van der Waals surface area contributed by atoms with Gasteiger partial charge in [-0.25, -0.2) is 9.97 Å². The van der Waals surface area contributed by atoms with Crippen molar-refractivity contribution < 1.29 is 58.3 Å². The molecule has 21 nitrogen and oxygen atoms in total. The summed E-state index contributed by atoms with van der Waals surface area (Å²) >= 11 is 0. The lowest BCUT2D eigenvalue weighted by molar-refractivity contribution is -0.163. The van der Waals surface area contributed by atoms with Crippen LogP contribution in [0, 0.1) is 0 Å². The Morgan fingerprint density at radius 3 is 1.62 bits per heavy atom. The fourth-order valence-electron chi connectivity index (χ4n) is 7.28. The summed E-state index contributed by atoms with van der Waals surface area (Å²) in [7, 11) is 0. The number of anilines is 2. The molecule has 4 saturated heterocycles. The maximum atomic E-state index is 12.1. The van der Waals surface area contributed by atoms with E-state index in [2.05, 4.69) is 48.6 Å². The number of nitrogens with two attached hydrogens (primary N) is 1. The summed E-state index contributed by atoms with van der Waals surface area (Å²) in [5, 5.41) is 29.7. The highest BCUT2D eigenvalue weighted by molar-refractivity contribution is 5.87. The minimum atomic E-state index is -0.869. The highest BCUT2D eigenvalue weighted by atomic mass is 16.6. The molecule has 6 N–H and O–H groups in total. The van der Waals surface area contributed by atoms with Crippen molar-refractivity contribution in [3.05, 3.63) is 60.4 Å². The number of nitrogens with zero attached hydrogens (tertiary/aromatic N) is 7. The number of carbonyl (C=O) groups excluding carboxylic acids is 4. The molecule has 71 heavy (non-hydrogen) atoms. The maximum Gasteiger partial charge on any atom is 0.313 e. The molecule has 21 heteroatoms. The number of rotatable bonds is 20. The second kappa shape index (κ2) is 33.8. The number of aromatic nitrogens is 2. The largest absolute Gasteiger partial charge is 0.506 e. The molecule has 2 aromatic heterocycles. The first-order valence-electron chi connectivity index (χ1n) is 24.9. The molecule has 0 aromatic carbocycles. The Morgan fingerprint density at radius 1 is 0.676 bits per heavy atom. The predicted octanol–water partition coefficient (Wildman–Crippen LogP) is 4.51. The summed E-state index contributed by atoms with van der Waals surface area (Å²) < 4.78 is 15.4. The minimum Gasteiger partial charge on any atom is -0.506 e. The van der Waals surface area contributed by atoms with Crippen LogP contribution in [-0.4, -0.2) is 167 Å². The van der Waals surface area contributed by atoms with Gasteiger partial charge in [-0.15, -0.1) is 0 Å². The summed E-state index contributed by atoms with van der Waals surface area (Å²) in [5.74, 6) is 1.88. The van der Waals surface area contributed by atoms with Crippen LogP contribution in [0.5, 0.6) is 11.5 Å². The molecule has 0 saturated carbocycles. The molecule has 2 amide bonds. The quantitative estimate of drug-likeness (QED) is 0.0401. The van der Waals surface area contributed by atoms with Crippen LogP contribution in [0.3, 0.4) is 0 Å². The van der Waals surface area contributed by atoms with Crippen molar-refractivity contribution in [1.29, 1.82) is 0 Å². The zero-order chi connectivity index (χ0) is 51.8. The van der Waals surface area contributed by atoms with Crippen molar-refractivity contribution in [3.8, 4) is 11.5 Å². The molecule has 394 valence electrons. The Hall–Kier alpha value is -6.64. The number of hydrogen-bond donors (Lipinski definition) is 5. The third kappa shape index (κ3) is 24.7. The summed E-state index contributed by atoms with van der Waals surface area (Å²) in [6, 6.07) is 7.22. The lowest BCUT2D eigenvalue weighted by atomic mass is 10.2. The molecule has 0 bridgehead atoms. The van der Waals surface area contributed by atoms with Gasteiger partial charge in [-0.2, -0.15) is 0 Å². The topological polar surface area (TPSA) is 271 Å². The third-order valence-electron chi connectivity index (χ3n) is 11.5. The Bertz CT molecular complexity index is 1970. The van der Waals surface area contributed by atoms with E-state index in [1.165, 1.54) is 6.20 Å². The van der Waals surface area contributed by atoms with Gasteiger partial charge in [0.2, 0.25) is 11.8 Å². The lowest BCUT2D eigenvalue weighted by Crippen LogP contribution is -2.49. The Morgan fingerprint density at radius 2 is 1.18 bits per heavy atom. The number of ether oxygens (including phenoxy) is 3. The van der Waals surface area contributed by atoms with Crippen LogP contribution >= 0.6 is 0 Å². The zero-order valence-corrected chi connectivity index (χ0v) is 41.9. The number of nitrogens with one attached hydrogen (secondary N) is 1. The number of aliphatic carboxylic acids is 2. The predicted molar refractivity (Wildman–Crippen MR) is 267 cm³/mol. The number of aromatic hydroxyl groups is 1. The van der Waals surface area contributed by atoms with Gasteiger partial charge in [-0.3, -0.25) is 28.8 Å². The highest BCUT2D eigenvalue weighted by Crippen LogP contribution is 2.19. The number of pyridine rings is 2. The van der Waals surface area contributed by atoms with Crippen LogP contribution in [0.2, 0.25) is 0 Å². The van der Waals surface area contributed by atoms with E-state index in [4.69, 9.17) is 25.4 Å². The summed E-state index contributed by atoms with van der Waals surface area (Å²) in [5.41, 5.74) is 6.01. The third-order valence-corrected chi connectivity index (χ3v) is 11.5. The van der Waals surface area contributed by atoms with E-state index in [1.54, 1.807) is 28.1 Å². The second-order valence-electron chi connectivity index (χ2n) is 17.2. The van der Waals surface area contributed by atoms with E-state index >= 15 is 0 Å². The van der Waals surface area contributed by atoms with E-state index in [9.17, 15) is 33.9 Å². The average Bonchev–Trinajstić information content (AvgIpc) is 3.37. The summed E-state index contributed by atoms with van der Waals surface area (Å²) in [4.78, 5) is 84.0. The van der Waals surface area contributed by atoms with Crippen molar-refractivity contribution in [1.82, 2.24) is 30.0 Å². The van der Waals surface area contributed by atoms with Gasteiger partial charge in [-0.05, 0) is 75.4 Å². The molecule has 4 fully saturated rings. The fraction of sp³-hybridized carbons (Fsp3) is 0.600. The first-order valence-corrected chi connectivity index (χ1v) is 24.9. The number of carbonyl (C=O) groups is 6. The number of piperazine rings is 3. The smallest absolute Gasteiger partial charge is 0.313 e. The molecule has 0 atom stereocenters. The molecule has 0 aliphatic carbocycles. The molecule has 0 unspecified atom stereocenters. The highest BCUT2D eigenvalue weighted by Gasteiger charge is 2.23. The Kier molecular flexibility index (Phi) is 27.9. The zero-order valence-electron chi connectivity index (χ0n) is 41.9. The van der Waals surface area contributed by atoms with Crippen LogP contribution in [0.4, 0.5) is 11.6 Å². The maximum absolute atomic E-state index is 12.1. The molecule has 0 radical (unpaired) electrons. The number of carboxylic acids is 2. The number of cyclic esters (lactones) is 2. The van der Waals surface area contributed by atoms with Gasteiger partial charge in [0.1, 0.15) is 23.1 Å². The monoisotopic (exact) mass is 996 g/mol. The number of esters is 2. The standard InChI is InChI=1S/C18H27N3O4.C14H19N3O4.C13H25N3O.C5H6O3/c1-2-3-13-25-15-7-8-16(19-14-15)20-9-11-21(12-10-20)17(22)5-4-6-18(23)24;18-11-4-5-12(15-10-11)16-6-8-17(9-7-16)13(19)2-1-3-14(20)21;1-3-4-11-17-12(2)5-6-13(14)16-9-7-15-8-10-16;6-4-2-1-3-5(7)8-4/h7-8,14H,2-6,9-13H2,1H3,(H,23,24);4-5,10,18H,1-3,6-9H2,(H,20,21);5-6,15H,3-4,7-11,14H2,1-2H3;1-3H2/b;;12-5+,13-6+;. The first-order chi connectivity index (χ1) is 34.2. The molecule has 4 aliphatic rings. The van der Waals surface area contributed by atoms with Crippen LogP contribution in [0.25, 0.3) is 0 Å². The van der Waals surface area contributed by atoms with Crippen LogP contribution in [0.15, 0.2) is 60.4 Å². The van der Waals surface area contributed by atoms with Gasteiger partial charge in [-0.1, -0.05) is 26.7 Å². The molecule has 4 aliphatic heterocycles. The van der Waals surface area contributed by atoms with E-state index in [0.717, 1.165) is 101 Å². The van der Waals surface area contributed by atoms with Crippen molar-refractivity contribution in [2.24, 2.45) is 5.73 Å². The summed E-state index contributed by atoms with van der Waals surface area (Å²) in [6.07, 6.45) is 14.3. The normalized spacial score (nSPS) is 16.2. The van der Waals surface area contributed by atoms with E-state index < -0.39 is 11.9 Å². The van der Waals surface area contributed by atoms with Gasteiger partial charge in [0.25, 0.3) is 0 Å². The van der Waals surface area contributed by atoms with Gasteiger partial charge < -0.3 is 65.1 Å². The second-order valence-corrected chi connectivity index (χ2v) is 17.2. The number of hydrogen-bond acceptors (Lipinski definition) is 17. The molecular weight excluding hydrogens is 919 g/mol. The van der Waals surface area contributed by atoms with Gasteiger partial charge in [0.15, 0.2) is 0 Å². The van der Waals surface area contributed by atoms with Crippen LogP contribution in [0.1, 0.15) is 104 Å². The van der Waals surface area contributed by atoms with Crippen molar-refractivity contribution in [3.63, 3.8) is 0 Å². The van der Waals surface area contributed by atoms with E-state index in [0.29, 0.717) is 84.4 Å². The number of allylic oxidation sites excluding steroid dienone is 3. The van der Waals surface area contributed by atoms with Crippen molar-refractivity contribution in [2.45, 2.75) is 104 Å². The molecule has 6 heterocycles. The van der Waals surface area contributed by atoms with E-state index in [1.807, 2.05) is 31.2 Å². The lowest BCUT2D eigenvalue weighted by Gasteiger charge is -2.35. The fourth-order valence-corrected chi connectivity index (χ4v) is 7.28. The van der Waals surface area contributed by atoms with Gasteiger partial charge in [0, 0.05) is 117 Å². The Balaban J connectivity index is 0.000000264. The van der Waals surface area contributed by atoms with Gasteiger partial charge in [0.05, 0.1) is 37.2 Å². The average molecular weight is 996 g/mol. The number of amides is 2. The minimum absolute atomic E-state index is 0.00886. The van der Waals surface area contributed by atoms with E-state index in [-0.39, 0.29) is 48.8 Å². The van der Waals surface area contributed by atoms with Crippen LogP contribution < -0.4 is 25.6 Å².